The fourth-order valence-corrected chi connectivity index (χ4v) is 6.95. The zero-order chi connectivity index (χ0) is 39.8. The Kier molecular flexibility index (Phi) is 39.1. The molecule has 0 heterocycles. The lowest BCUT2D eigenvalue weighted by Crippen LogP contribution is -2.44. The van der Waals surface area contributed by atoms with Crippen LogP contribution in [0.2, 0.25) is 0 Å². The Morgan fingerprint density at radius 3 is 1.11 bits per heavy atom. The highest BCUT2D eigenvalue weighted by molar-refractivity contribution is 5.69. The molecule has 0 aromatic rings. The van der Waals surface area contributed by atoms with Gasteiger partial charge in [0.2, 0.25) is 0 Å². The van der Waals surface area contributed by atoms with Crippen LogP contribution in [-0.4, -0.2) is 81.4 Å². The van der Waals surface area contributed by atoms with Gasteiger partial charge in [0.15, 0.2) is 6.29 Å². The van der Waals surface area contributed by atoms with Crippen molar-refractivity contribution in [2.24, 2.45) is 0 Å². The van der Waals surface area contributed by atoms with Crippen molar-refractivity contribution < 1.29 is 38.5 Å². The number of likely N-dealkylation sites (N-methyl/N-ethyl adjacent to an activating group) is 1. The van der Waals surface area contributed by atoms with Crippen LogP contribution in [0.1, 0.15) is 225 Å². The fourth-order valence-electron chi connectivity index (χ4n) is 6.95. The highest BCUT2D eigenvalue weighted by Gasteiger charge is 2.17. The number of ether oxygens (including phenoxy) is 3. The van der Waals surface area contributed by atoms with Crippen molar-refractivity contribution in [3.8, 4) is 0 Å². The van der Waals surface area contributed by atoms with Gasteiger partial charge < -0.3 is 33.7 Å². The molecule has 0 rings (SSSR count). The average molecular weight is 770 g/mol. The molecule has 1 N–H and O–H groups in total. The second kappa shape index (κ2) is 40.0. The van der Waals surface area contributed by atoms with Crippen LogP contribution in [0.4, 0.5) is 0 Å². The molecule has 0 aliphatic heterocycles. The van der Waals surface area contributed by atoms with Crippen molar-refractivity contribution in [2.75, 3.05) is 47.5 Å². The maximum atomic E-state index is 12.0. The van der Waals surface area contributed by atoms with E-state index in [1.807, 2.05) is 21.1 Å². The van der Waals surface area contributed by atoms with E-state index in [-0.39, 0.29) is 25.8 Å². The molecule has 0 aromatic heterocycles. The van der Waals surface area contributed by atoms with Crippen LogP contribution in [0, 0.1) is 0 Å². The molecule has 8 heteroatoms. The number of carboxylic acids is 1. The van der Waals surface area contributed by atoms with Crippen LogP contribution < -0.4 is 5.11 Å². The number of carbonyl (C=O) groups is 2. The maximum absolute atomic E-state index is 12.0. The number of hydrogen-bond acceptors (Lipinski definition) is 7. The van der Waals surface area contributed by atoms with Crippen LogP contribution >= 0.6 is 0 Å². The third-order valence-electron chi connectivity index (χ3n) is 10.6. The molecule has 0 amide bonds. The number of esters is 1. The fraction of sp³-hybridized carbons (Fsp3) is 0.957. The molecule has 322 valence electrons. The zero-order valence-corrected chi connectivity index (χ0v) is 36.4. The lowest BCUT2D eigenvalue weighted by Gasteiger charge is -2.26. The number of aliphatic hydroxyl groups is 1. The SMILES string of the molecule is CCCCCCCCCCCCCCCCCCCCCCCCCCCCCCCCCCCC(=O)OCC(O)COC(OCC[N+](C)(C)C)C(=O)[O-]. The van der Waals surface area contributed by atoms with E-state index in [9.17, 15) is 19.8 Å². The summed E-state index contributed by atoms with van der Waals surface area (Å²) < 4.78 is 16.0. The minimum Gasteiger partial charge on any atom is -0.545 e. The molecule has 0 saturated carbocycles. The Labute approximate surface area is 334 Å². The van der Waals surface area contributed by atoms with Crippen LogP contribution in [-0.2, 0) is 23.8 Å². The Balaban J connectivity index is 3.33. The summed E-state index contributed by atoms with van der Waals surface area (Å²) in [5.74, 6) is -1.86. The molecule has 0 aromatic carbocycles. The predicted octanol–water partition coefficient (Wildman–Crippen LogP) is 11.0. The summed E-state index contributed by atoms with van der Waals surface area (Å²) in [5.41, 5.74) is 0. The van der Waals surface area contributed by atoms with E-state index < -0.39 is 18.4 Å². The van der Waals surface area contributed by atoms with Gasteiger partial charge in [-0.15, -0.1) is 0 Å². The monoisotopic (exact) mass is 770 g/mol. The molecule has 0 spiro atoms. The predicted molar refractivity (Wildman–Crippen MR) is 223 cm³/mol. The Hall–Kier alpha value is -1.22. The lowest BCUT2D eigenvalue weighted by molar-refractivity contribution is -0.870. The number of hydrogen-bond donors (Lipinski definition) is 1. The summed E-state index contributed by atoms with van der Waals surface area (Å²) in [6, 6.07) is 0. The van der Waals surface area contributed by atoms with Gasteiger partial charge in [0.05, 0.1) is 40.3 Å². The number of rotatable bonds is 44. The molecular formula is C46H91NO7. The van der Waals surface area contributed by atoms with Gasteiger partial charge in [-0.05, 0) is 6.42 Å². The molecule has 0 aliphatic rings. The van der Waals surface area contributed by atoms with E-state index in [0.717, 1.165) is 19.3 Å². The van der Waals surface area contributed by atoms with E-state index >= 15 is 0 Å². The Bertz CT molecular complexity index is 802. The van der Waals surface area contributed by atoms with Gasteiger partial charge in [0.25, 0.3) is 0 Å². The quantitative estimate of drug-likeness (QED) is 0.0285. The van der Waals surface area contributed by atoms with E-state index in [2.05, 4.69) is 6.92 Å². The topological polar surface area (TPSA) is 105 Å². The number of aliphatic carboxylic acids is 1. The smallest absolute Gasteiger partial charge is 0.305 e. The molecule has 2 unspecified atom stereocenters. The van der Waals surface area contributed by atoms with E-state index in [4.69, 9.17) is 14.2 Å². The van der Waals surface area contributed by atoms with Crippen molar-refractivity contribution in [1.82, 2.24) is 0 Å². The molecular weight excluding hydrogens is 679 g/mol. The Morgan fingerprint density at radius 2 is 0.815 bits per heavy atom. The van der Waals surface area contributed by atoms with Gasteiger partial charge in [-0.25, -0.2) is 0 Å². The largest absolute Gasteiger partial charge is 0.545 e. The van der Waals surface area contributed by atoms with Crippen LogP contribution in [0.15, 0.2) is 0 Å². The Morgan fingerprint density at radius 1 is 0.500 bits per heavy atom. The van der Waals surface area contributed by atoms with Crippen molar-refractivity contribution in [3.05, 3.63) is 0 Å². The number of nitrogens with zero attached hydrogens (tertiary/aromatic N) is 1. The normalized spacial score (nSPS) is 13.0. The highest BCUT2D eigenvalue weighted by Crippen LogP contribution is 2.17. The van der Waals surface area contributed by atoms with E-state index in [1.165, 1.54) is 193 Å². The first-order valence-electron chi connectivity index (χ1n) is 23.2. The molecule has 2 atom stereocenters. The first kappa shape index (κ1) is 52.8. The molecule has 0 fully saturated rings. The van der Waals surface area contributed by atoms with Crippen molar-refractivity contribution >= 4 is 11.9 Å². The minimum atomic E-state index is -1.57. The van der Waals surface area contributed by atoms with Gasteiger partial charge in [-0.3, -0.25) is 4.79 Å². The molecule has 0 aliphatic carbocycles. The van der Waals surface area contributed by atoms with Crippen molar-refractivity contribution in [2.45, 2.75) is 238 Å². The number of carbonyl (C=O) groups excluding carboxylic acids is 2. The van der Waals surface area contributed by atoms with E-state index in [0.29, 0.717) is 17.4 Å². The highest BCUT2D eigenvalue weighted by atomic mass is 16.7. The van der Waals surface area contributed by atoms with Gasteiger partial charge >= 0.3 is 5.97 Å². The summed E-state index contributed by atoms with van der Waals surface area (Å²) in [6.45, 7) is 2.50. The first-order valence-corrected chi connectivity index (χ1v) is 23.2. The number of unbranched alkanes of at least 4 members (excludes halogenated alkanes) is 32. The van der Waals surface area contributed by atoms with Crippen LogP contribution in [0.3, 0.4) is 0 Å². The summed E-state index contributed by atoms with van der Waals surface area (Å²) in [5, 5.41) is 21.2. The third kappa shape index (κ3) is 41.9. The summed E-state index contributed by atoms with van der Waals surface area (Å²) in [7, 11) is 5.88. The average Bonchev–Trinajstić information content (AvgIpc) is 3.13. The molecule has 0 bridgehead atoms. The van der Waals surface area contributed by atoms with Gasteiger partial charge in [-0.1, -0.05) is 212 Å². The summed E-state index contributed by atoms with van der Waals surface area (Å²) >= 11 is 0. The third-order valence-corrected chi connectivity index (χ3v) is 10.6. The standard InChI is InChI=1S/C46H91NO7/c1-5-6-7-8-9-10-11-12-13-14-15-16-17-18-19-20-21-22-23-24-25-26-27-28-29-30-31-32-33-34-35-36-37-38-44(49)53-41-43(48)42-54-46(45(50)51)52-40-39-47(2,3)4/h43,46,48H,5-42H2,1-4H3. The number of carboxylic acid groups (broad SMARTS) is 1. The van der Waals surface area contributed by atoms with Crippen LogP contribution in [0.5, 0.6) is 0 Å². The van der Waals surface area contributed by atoms with Crippen molar-refractivity contribution in [1.29, 1.82) is 0 Å². The van der Waals surface area contributed by atoms with Gasteiger partial charge in [-0.2, -0.15) is 0 Å². The van der Waals surface area contributed by atoms with Crippen LogP contribution in [0.25, 0.3) is 0 Å². The minimum absolute atomic E-state index is 0.174. The van der Waals surface area contributed by atoms with Gasteiger partial charge in [0.1, 0.15) is 19.3 Å². The maximum Gasteiger partial charge on any atom is 0.305 e. The second-order valence-corrected chi connectivity index (χ2v) is 17.3. The number of quaternary nitrogens is 1. The molecule has 0 saturated heterocycles. The van der Waals surface area contributed by atoms with Gasteiger partial charge in [0, 0.05) is 6.42 Å². The molecule has 8 nitrogen and oxygen atoms in total. The second-order valence-electron chi connectivity index (χ2n) is 17.3. The first-order chi connectivity index (χ1) is 26.2. The summed E-state index contributed by atoms with van der Waals surface area (Å²) in [4.78, 5) is 23.2. The number of aliphatic hydroxyl groups excluding tert-OH is 1. The zero-order valence-electron chi connectivity index (χ0n) is 36.4. The molecule has 0 radical (unpaired) electrons. The summed E-state index contributed by atoms with van der Waals surface area (Å²) in [6.07, 6.45) is 43.0. The van der Waals surface area contributed by atoms with E-state index in [1.54, 1.807) is 0 Å². The lowest BCUT2D eigenvalue weighted by atomic mass is 10.0. The van der Waals surface area contributed by atoms with Crippen molar-refractivity contribution in [3.63, 3.8) is 0 Å². The molecule has 54 heavy (non-hydrogen) atoms.